The molecular formula is C21H23ClN6O2S2. The second-order valence-electron chi connectivity index (χ2n) is 8.06. The molecule has 0 atom stereocenters. The van der Waals surface area contributed by atoms with Gasteiger partial charge in [0.15, 0.2) is 10.6 Å². The lowest BCUT2D eigenvalue weighted by Gasteiger charge is -2.33. The van der Waals surface area contributed by atoms with Gasteiger partial charge in [0.25, 0.3) is 0 Å². The lowest BCUT2D eigenvalue weighted by atomic mass is 10.2. The minimum absolute atomic E-state index is 0.266. The molecule has 0 bridgehead atoms. The number of pyridine rings is 1. The summed E-state index contributed by atoms with van der Waals surface area (Å²) in [6, 6.07) is 10.6. The predicted octanol–water partition coefficient (Wildman–Crippen LogP) is 3.43. The standard InChI is InChI=1S/C21H23ClN6O2S2/c22-17-1-5-19(6-2-17)32(29,30)26-13-11-25(12-14-26)15-27-21(31)28(18-3-4-18)20(24-27)16-7-9-23-10-8-16/h1-2,5-10,18H,3-4,11-15H2. The Labute approximate surface area is 197 Å². The summed E-state index contributed by atoms with van der Waals surface area (Å²) < 4.78 is 32.1. The molecule has 32 heavy (non-hydrogen) atoms. The number of rotatable bonds is 6. The summed E-state index contributed by atoms with van der Waals surface area (Å²) >= 11 is 11.7. The molecule has 3 heterocycles. The molecular weight excluding hydrogens is 468 g/mol. The number of benzene rings is 1. The predicted molar refractivity (Wildman–Crippen MR) is 124 cm³/mol. The van der Waals surface area contributed by atoms with E-state index in [9.17, 15) is 8.42 Å². The molecule has 2 aromatic heterocycles. The minimum atomic E-state index is -3.53. The van der Waals surface area contributed by atoms with Crippen LogP contribution in [0.5, 0.6) is 0 Å². The third kappa shape index (κ3) is 4.25. The van der Waals surface area contributed by atoms with E-state index in [1.54, 1.807) is 36.7 Å². The Bertz CT molecular complexity index is 1260. The molecule has 1 aliphatic carbocycles. The molecule has 1 saturated carbocycles. The summed E-state index contributed by atoms with van der Waals surface area (Å²) in [5, 5.41) is 5.34. The maximum Gasteiger partial charge on any atom is 0.243 e. The van der Waals surface area contributed by atoms with Gasteiger partial charge in [-0.15, -0.1) is 0 Å². The van der Waals surface area contributed by atoms with Gasteiger partial charge in [0, 0.05) is 55.2 Å². The first kappa shape index (κ1) is 21.7. The molecule has 2 aliphatic rings. The van der Waals surface area contributed by atoms with E-state index in [0.717, 1.165) is 24.2 Å². The van der Waals surface area contributed by atoms with E-state index in [2.05, 4.69) is 14.5 Å². The fourth-order valence-corrected chi connectivity index (χ4v) is 5.81. The third-order valence-corrected chi connectivity index (χ3v) is 8.41. The molecule has 0 radical (unpaired) electrons. The molecule has 11 heteroatoms. The Morgan fingerprint density at radius 3 is 2.28 bits per heavy atom. The largest absolute Gasteiger partial charge is 0.297 e. The van der Waals surface area contributed by atoms with Crippen LogP contribution < -0.4 is 0 Å². The first-order chi connectivity index (χ1) is 15.4. The van der Waals surface area contributed by atoms with E-state index in [4.69, 9.17) is 28.9 Å². The van der Waals surface area contributed by atoms with Crippen molar-refractivity contribution in [3.63, 3.8) is 0 Å². The van der Waals surface area contributed by atoms with Gasteiger partial charge in [-0.1, -0.05) is 11.6 Å². The number of nitrogens with zero attached hydrogens (tertiary/aromatic N) is 6. The van der Waals surface area contributed by atoms with Crippen molar-refractivity contribution in [3.05, 3.63) is 58.6 Å². The van der Waals surface area contributed by atoms with E-state index in [0.29, 0.717) is 48.7 Å². The smallest absolute Gasteiger partial charge is 0.243 e. The van der Waals surface area contributed by atoms with Gasteiger partial charge in [-0.3, -0.25) is 14.5 Å². The highest BCUT2D eigenvalue weighted by molar-refractivity contribution is 7.89. The fourth-order valence-electron chi connectivity index (χ4n) is 3.93. The molecule has 0 N–H and O–H groups in total. The van der Waals surface area contributed by atoms with Crippen LogP contribution in [0, 0.1) is 4.77 Å². The molecule has 0 spiro atoms. The molecule has 3 aromatic rings. The van der Waals surface area contributed by atoms with Crippen LogP contribution in [-0.2, 0) is 16.7 Å². The highest BCUT2D eigenvalue weighted by Gasteiger charge is 2.31. The Kier molecular flexibility index (Phi) is 5.89. The topological polar surface area (TPSA) is 76.3 Å². The van der Waals surface area contributed by atoms with Gasteiger partial charge < -0.3 is 0 Å². The molecule has 0 amide bonds. The highest BCUT2D eigenvalue weighted by Crippen LogP contribution is 2.38. The summed E-state index contributed by atoms with van der Waals surface area (Å²) in [6.07, 6.45) is 5.74. The van der Waals surface area contributed by atoms with Crippen LogP contribution in [0.4, 0.5) is 0 Å². The van der Waals surface area contributed by atoms with Crippen LogP contribution in [0.2, 0.25) is 5.02 Å². The van der Waals surface area contributed by atoms with Gasteiger partial charge in [0.2, 0.25) is 10.0 Å². The Morgan fingerprint density at radius 2 is 1.66 bits per heavy atom. The zero-order chi connectivity index (χ0) is 22.3. The lowest BCUT2D eigenvalue weighted by Crippen LogP contribution is -2.48. The number of sulfonamides is 1. The van der Waals surface area contributed by atoms with E-state index in [1.807, 2.05) is 16.8 Å². The van der Waals surface area contributed by atoms with Crippen molar-refractivity contribution in [2.75, 3.05) is 26.2 Å². The molecule has 2 fully saturated rings. The second-order valence-corrected chi connectivity index (χ2v) is 10.8. The molecule has 8 nitrogen and oxygen atoms in total. The van der Waals surface area contributed by atoms with Crippen molar-refractivity contribution in [2.24, 2.45) is 0 Å². The van der Waals surface area contributed by atoms with Crippen molar-refractivity contribution < 1.29 is 8.42 Å². The van der Waals surface area contributed by atoms with Crippen LogP contribution >= 0.6 is 23.8 Å². The monoisotopic (exact) mass is 490 g/mol. The molecule has 5 rings (SSSR count). The Morgan fingerprint density at radius 1 is 1.00 bits per heavy atom. The van der Waals surface area contributed by atoms with Crippen molar-refractivity contribution in [1.82, 2.24) is 28.5 Å². The number of hydrogen-bond acceptors (Lipinski definition) is 6. The van der Waals surface area contributed by atoms with Gasteiger partial charge in [-0.2, -0.15) is 9.40 Å². The summed E-state index contributed by atoms with van der Waals surface area (Å²) in [6.45, 7) is 2.58. The summed E-state index contributed by atoms with van der Waals surface area (Å²) in [5.41, 5.74) is 0.996. The zero-order valence-electron chi connectivity index (χ0n) is 17.3. The Balaban J connectivity index is 1.31. The maximum absolute atomic E-state index is 12.9. The first-order valence-corrected chi connectivity index (χ1v) is 12.7. The van der Waals surface area contributed by atoms with Gasteiger partial charge >= 0.3 is 0 Å². The van der Waals surface area contributed by atoms with Gasteiger partial charge in [0.05, 0.1) is 11.6 Å². The normalized spacial score (nSPS) is 18.2. The Hall–Kier alpha value is -2.11. The fraction of sp³-hybridized carbons (Fsp3) is 0.381. The number of aromatic nitrogens is 4. The number of halogens is 1. The van der Waals surface area contributed by atoms with Crippen LogP contribution in [-0.4, -0.2) is 63.1 Å². The molecule has 1 aromatic carbocycles. The lowest BCUT2D eigenvalue weighted by molar-refractivity contribution is 0.144. The number of hydrogen-bond donors (Lipinski definition) is 0. The first-order valence-electron chi connectivity index (χ1n) is 10.5. The van der Waals surface area contributed by atoms with Crippen molar-refractivity contribution >= 4 is 33.8 Å². The third-order valence-electron chi connectivity index (χ3n) is 5.84. The molecule has 0 unspecified atom stereocenters. The van der Waals surface area contributed by atoms with Gasteiger partial charge in [-0.25, -0.2) is 13.1 Å². The van der Waals surface area contributed by atoms with Gasteiger partial charge in [0.1, 0.15) is 0 Å². The van der Waals surface area contributed by atoms with E-state index >= 15 is 0 Å². The molecule has 1 aliphatic heterocycles. The second kappa shape index (κ2) is 8.68. The number of piperazine rings is 1. The van der Waals surface area contributed by atoms with Crippen molar-refractivity contribution in [2.45, 2.75) is 30.4 Å². The summed E-state index contributed by atoms with van der Waals surface area (Å²) in [4.78, 5) is 6.55. The van der Waals surface area contributed by atoms with Crippen LogP contribution in [0.3, 0.4) is 0 Å². The summed E-state index contributed by atoms with van der Waals surface area (Å²) in [7, 11) is -3.53. The van der Waals surface area contributed by atoms with Crippen molar-refractivity contribution in [3.8, 4) is 11.4 Å². The quantitative estimate of drug-likeness (QED) is 0.493. The summed E-state index contributed by atoms with van der Waals surface area (Å²) in [5.74, 6) is 0.865. The van der Waals surface area contributed by atoms with Crippen molar-refractivity contribution in [1.29, 1.82) is 0 Å². The van der Waals surface area contributed by atoms with E-state index in [1.165, 1.54) is 4.31 Å². The van der Waals surface area contributed by atoms with E-state index in [-0.39, 0.29) is 4.90 Å². The molecule has 1 saturated heterocycles. The maximum atomic E-state index is 12.9. The van der Waals surface area contributed by atoms with Crippen LogP contribution in [0.1, 0.15) is 18.9 Å². The van der Waals surface area contributed by atoms with Crippen LogP contribution in [0.25, 0.3) is 11.4 Å². The molecule has 168 valence electrons. The average Bonchev–Trinajstić information content (AvgIpc) is 3.59. The SMILES string of the molecule is O=S(=O)(c1ccc(Cl)cc1)N1CCN(Cn2nc(-c3ccncc3)n(C3CC3)c2=S)CC1. The minimum Gasteiger partial charge on any atom is -0.297 e. The van der Waals surface area contributed by atoms with Crippen LogP contribution in [0.15, 0.2) is 53.7 Å². The van der Waals surface area contributed by atoms with E-state index < -0.39 is 10.0 Å². The van der Waals surface area contributed by atoms with Gasteiger partial charge in [-0.05, 0) is 61.5 Å². The zero-order valence-corrected chi connectivity index (χ0v) is 19.7. The highest BCUT2D eigenvalue weighted by atomic mass is 35.5. The average molecular weight is 491 g/mol.